The summed E-state index contributed by atoms with van der Waals surface area (Å²) in [6.45, 7) is 0. The second-order valence-electron chi connectivity index (χ2n) is 6.91. The Kier molecular flexibility index (Phi) is 5.93. The number of nitrogens with one attached hydrogen (secondary N) is 2. The van der Waals surface area contributed by atoms with Crippen molar-refractivity contribution in [2.24, 2.45) is 0 Å². The summed E-state index contributed by atoms with van der Waals surface area (Å²) in [4.78, 5) is 13.8. The van der Waals surface area contributed by atoms with E-state index in [2.05, 4.69) is 20.6 Å². The molecule has 5 nitrogen and oxygen atoms in total. The smallest absolute Gasteiger partial charge is 0.225 e. The number of hydrogen-bond donors (Lipinski definition) is 2. The zero-order valence-corrected chi connectivity index (χ0v) is 16.8. The van der Waals surface area contributed by atoms with E-state index in [4.69, 9.17) is 28.2 Å². The van der Waals surface area contributed by atoms with Gasteiger partial charge in [-0.2, -0.15) is 4.98 Å². The van der Waals surface area contributed by atoms with Crippen LogP contribution in [0.5, 0.6) is 0 Å². The first-order chi connectivity index (χ1) is 13.7. The molecule has 0 atom stereocenters. The number of anilines is 3. The van der Waals surface area contributed by atoms with Gasteiger partial charge in [0, 0.05) is 24.0 Å². The highest BCUT2D eigenvalue weighted by Gasteiger charge is 2.16. The van der Waals surface area contributed by atoms with Crippen LogP contribution in [-0.4, -0.2) is 21.0 Å². The summed E-state index contributed by atoms with van der Waals surface area (Å²) in [7, 11) is 0. The van der Waals surface area contributed by atoms with E-state index in [1.165, 1.54) is 19.3 Å². The van der Waals surface area contributed by atoms with Crippen LogP contribution in [0.1, 0.15) is 32.1 Å². The van der Waals surface area contributed by atoms with Gasteiger partial charge in [0.15, 0.2) is 0 Å². The predicted molar refractivity (Wildman–Crippen MR) is 116 cm³/mol. The molecule has 4 rings (SSSR count). The molecular formula is C21H21Cl2N5. The van der Waals surface area contributed by atoms with E-state index in [1.54, 1.807) is 18.3 Å². The fourth-order valence-electron chi connectivity index (χ4n) is 3.37. The molecule has 0 aliphatic heterocycles. The molecule has 28 heavy (non-hydrogen) atoms. The number of hydrogen-bond acceptors (Lipinski definition) is 5. The lowest BCUT2D eigenvalue weighted by Crippen LogP contribution is -2.23. The molecule has 7 heteroatoms. The third-order valence-corrected chi connectivity index (χ3v) is 5.52. The SMILES string of the molecule is Clc1ccc(Nc2cc(-c3ccccn3)nc(NC3CCCCC3)n2)cc1Cl. The zero-order valence-electron chi connectivity index (χ0n) is 15.3. The van der Waals surface area contributed by atoms with Crippen LogP contribution in [0.25, 0.3) is 11.4 Å². The maximum Gasteiger partial charge on any atom is 0.225 e. The lowest BCUT2D eigenvalue weighted by Gasteiger charge is -2.23. The van der Waals surface area contributed by atoms with Crippen LogP contribution in [0.15, 0.2) is 48.7 Å². The Morgan fingerprint density at radius 2 is 1.71 bits per heavy atom. The molecule has 1 fully saturated rings. The molecule has 0 amide bonds. The summed E-state index contributed by atoms with van der Waals surface area (Å²) in [6, 6.07) is 13.5. The number of halogens is 2. The Morgan fingerprint density at radius 3 is 2.46 bits per heavy atom. The van der Waals surface area contributed by atoms with E-state index < -0.39 is 0 Å². The first-order valence-electron chi connectivity index (χ1n) is 9.46. The van der Waals surface area contributed by atoms with Crippen LogP contribution in [0.4, 0.5) is 17.5 Å². The second-order valence-corrected chi connectivity index (χ2v) is 7.72. The summed E-state index contributed by atoms with van der Waals surface area (Å²) >= 11 is 12.2. The van der Waals surface area contributed by atoms with Crippen molar-refractivity contribution in [1.82, 2.24) is 15.0 Å². The largest absolute Gasteiger partial charge is 0.351 e. The Labute approximate surface area is 174 Å². The van der Waals surface area contributed by atoms with Crippen LogP contribution in [-0.2, 0) is 0 Å². The number of aromatic nitrogens is 3. The van der Waals surface area contributed by atoms with Gasteiger partial charge in [0.25, 0.3) is 0 Å². The molecule has 0 radical (unpaired) electrons. The summed E-state index contributed by atoms with van der Waals surface area (Å²) < 4.78 is 0. The van der Waals surface area contributed by atoms with E-state index >= 15 is 0 Å². The van der Waals surface area contributed by atoms with Crippen molar-refractivity contribution in [3.8, 4) is 11.4 Å². The quantitative estimate of drug-likeness (QED) is 0.511. The fraction of sp³-hybridized carbons (Fsp3) is 0.286. The average Bonchev–Trinajstić information content (AvgIpc) is 2.72. The first kappa shape index (κ1) is 19.0. The van der Waals surface area contributed by atoms with Gasteiger partial charge in [0.1, 0.15) is 5.82 Å². The lowest BCUT2D eigenvalue weighted by atomic mass is 9.96. The van der Waals surface area contributed by atoms with Crippen molar-refractivity contribution in [3.05, 3.63) is 58.7 Å². The lowest BCUT2D eigenvalue weighted by molar-refractivity contribution is 0.461. The standard InChI is InChI=1S/C21H21Cl2N5/c22-16-10-9-15(12-17(16)23)25-20-13-19(18-8-4-5-11-24-18)27-21(28-20)26-14-6-2-1-3-7-14/h4-5,8-14H,1-3,6-7H2,(H2,25,26,27,28). The molecule has 1 aromatic carbocycles. The molecule has 2 aromatic heterocycles. The van der Waals surface area contributed by atoms with Crippen molar-refractivity contribution in [2.45, 2.75) is 38.1 Å². The minimum atomic E-state index is 0.408. The molecule has 2 heterocycles. The highest BCUT2D eigenvalue weighted by molar-refractivity contribution is 6.42. The summed E-state index contributed by atoms with van der Waals surface area (Å²) in [5, 5.41) is 7.81. The number of rotatable bonds is 5. The molecule has 144 valence electrons. The Morgan fingerprint density at radius 1 is 0.857 bits per heavy atom. The van der Waals surface area contributed by atoms with E-state index in [-0.39, 0.29) is 0 Å². The van der Waals surface area contributed by atoms with E-state index in [0.29, 0.717) is 27.9 Å². The van der Waals surface area contributed by atoms with Crippen molar-refractivity contribution >= 4 is 40.7 Å². The third kappa shape index (κ3) is 4.72. The number of nitrogens with zero attached hydrogens (tertiary/aromatic N) is 3. The third-order valence-electron chi connectivity index (χ3n) is 4.78. The van der Waals surface area contributed by atoms with Gasteiger partial charge in [-0.3, -0.25) is 4.98 Å². The highest BCUT2D eigenvalue weighted by atomic mass is 35.5. The molecule has 0 unspecified atom stereocenters. The van der Waals surface area contributed by atoms with Gasteiger partial charge >= 0.3 is 0 Å². The van der Waals surface area contributed by atoms with Gasteiger partial charge in [-0.1, -0.05) is 48.5 Å². The van der Waals surface area contributed by atoms with Crippen molar-refractivity contribution < 1.29 is 0 Å². The van der Waals surface area contributed by atoms with Crippen LogP contribution in [0.3, 0.4) is 0 Å². The van der Waals surface area contributed by atoms with Gasteiger partial charge in [0.05, 0.1) is 21.4 Å². The predicted octanol–water partition coefficient (Wildman–Crippen LogP) is 6.33. The van der Waals surface area contributed by atoms with Crippen molar-refractivity contribution in [1.29, 1.82) is 0 Å². The minimum absolute atomic E-state index is 0.408. The van der Waals surface area contributed by atoms with Gasteiger partial charge in [0.2, 0.25) is 5.95 Å². The van der Waals surface area contributed by atoms with E-state index in [1.807, 2.05) is 30.3 Å². The molecule has 1 saturated carbocycles. The molecule has 0 spiro atoms. The molecule has 0 bridgehead atoms. The van der Waals surface area contributed by atoms with Gasteiger partial charge in [-0.05, 0) is 43.2 Å². The highest BCUT2D eigenvalue weighted by Crippen LogP contribution is 2.28. The summed E-state index contributed by atoms with van der Waals surface area (Å²) in [6.07, 6.45) is 7.84. The molecule has 1 aliphatic carbocycles. The Hall–Kier alpha value is -2.37. The normalized spacial score (nSPS) is 14.6. The van der Waals surface area contributed by atoms with Crippen LogP contribution < -0.4 is 10.6 Å². The van der Waals surface area contributed by atoms with Crippen LogP contribution >= 0.6 is 23.2 Å². The van der Waals surface area contributed by atoms with Crippen molar-refractivity contribution in [2.75, 3.05) is 10.6 Å². The van der Waals surface area contributed by atoms with Gasteiger partial charge in [-0.15, -0.1) is 0 Å². The second kappa shape index (κ2) is 8.76. The maximum atomic E-state index is 6.14. The van der Waals surface area contributed by atoms with Gasteiger partial charge in [-0.25, -0.2) is 4.98 Å². The van der Waals surface area contributed by atoms with E-state index in [0.717, 1.165) is 29.9 Å². The summed E-state index contributed by atoms with van der Waals surface area (Å²) in [5.74, 6) is 1.28. The fourth-order valence-corrected chi connectivity index (χ4v) is 3.67. The summed E-state index contributed by atoms with van der Waals surface area (Å²) in [5.41, 5.74) is 2.37. The molecule has 0 saturated heterocycles. The van der Waals surface area contributed by atoms with Crippen LogP contribution in [0.2, 0.25) is 10.0 Å². The molecular weight excluding hydrogens is 393 g/mol. The monoisotopic (exact) mass is 413 g/mol. The molecule has 3 aromatic rings. The number of benzene rings is 1. The number of pyridine rings is 1. The maximum absolute atomic E-state index is 6.14. The molecule has 2 N–H and O–H groups in total. The average molecular weight is 414 g/mol. The van der Waals surface area contributed by atoms with E-state index in [9.17, 15) is 0 Å². The van der Waals surface area contributed by atoms with Crippen molar-refractivity contribution in [3.63, 3.8) is 0 Å². The topological polar surface area (TPSA) is 62.7 Å². The zero-order chi connectivity index (χ0) is 19.3. The Bertz CT molecular complexity index is 943. The van der Waals surface area contributed by atoms with Gasteiger partial charge < -0.3 is 10.6 Å². The Balaban J connectivity index is 1.65. The van der Waals surface area contributed by atoms with Crippen LogP contribution in [0, 0.1) is 0 Å². The molecule has 1 aliphatic rings. The first-order valence-corrected chi connectivity index (χ1v) is 10.2. The minimum Gasteiger partial charge on any atom is -0.351 e.